The average molecular weight is 403 g/mol. The molecule has 0 N–H and O–H groups in total. The molecule has 0 bridgehead atoms. The molecule has 4 rings (SSSR count). The van der Waals surface area contributed by atoms with Gasteiger partial charge in [-0.1, -0.05) is 0 Å². The highest BCUT2D eigenvalue weighted by Crippen LogP contribution is 2.35. The predicted octanol–water partition coefficient (Wildman–Crippen LogP) is 4.61. The van der Waals surface area contributed by atoms with Crippen LogP contribution in [0, 0.1) is 24.1 Å². The fourth-order valence-corrected chi connectivity index (χ4v) is 3.91. The lowest BCUT2D eigenvalue weighted by atomic mass is 10.0. The highest BCUT2D eigenvalue weighted by molar-refractivity contribution is 5.96. The van der Waals surface area contributed by atoms with Crippen LogP contribution in [-0.2, 0) is 6.18 Å². The van der Waals surface area contributed by atoms with E-state index in [9.17, 15) is 22.8 Å². The molecular formula is C20H17F4N5. The van der Waals surface area contributed by atoms with Crippen molar-refractivity contribution in [3.8, 4) is 6.07 Å². The molecule has 0 amide bonds. The van der Waals surface area contributed by atoms with Crippen LogP contribution in [0.4, 0.5) is 23.2 Å². The summed E-state index contributed by atoms with van der Waals surface area (Å²) in [6.45, 7) is 2.71. The van der Waals surface area contributed by atoms with E-state index in [1.165, 1.54) is 29.2 Å². The van der Waals surface area contributed by atoms with E-state index in [0.29, 0.717) is 53.6 Å². The molecule has 150 valence electrons. The fraction of sp³-hybridized carbons (Fsp3) is 0.350. The van der Waals surface area contributed by atoms with Crippen molar-refractivity contribution in [3.63, 3.8) is 0 Å². The van der Waals surface area contributed by atoms with E-state index in [4.69, 9.17) is 0 Å². The standard InChI is InChI=1S/C20H17F4N5/c1-12-7-14(21)8-16-18(12)26-10-13(9-25)19(16)28-5-2-3-15(11-28)29-6-4-17(27-29)20(22,23)24/h4,6-8,10,15H,2-3,5,11H2,1H3. The number of hydrogen-bond donors (Lipinski definition) is 0. The van der Waals surface area contributed by atoms with Gasteiger partial charge in [0.2, 0.25) is 0 Å². The van der Waals surface area contributed by atoms with Gasteiger partial charge in [0.15, 0.2) is 5.69 Å². The Labute approximate surface area is 164 Å². The lowest BCUT2D eigenvalue weighted by Crippen LogP contribution is -2.37. The number of aromatic nitrogens is 3. The molecule has 0 saturated carbocycles. The lowest BCUT2D eigenvalue weighted by molar-refractivity contribution is -0.141. The van der Waals surface area contributed by atoms with E-state index in [-0.39, 0.29) is 6.04 Å². The van der Waals surface area contributed by atoms with Crippen LogP contribution in [0.2, 0.25) is 0 Å². The van der Waals surface area contributed by atoms with Crippen LogP contribution in [0.15, 0.2) is 30.6 Å². The van der Waals surface area contributed by atoms with Crippen molar-refractivity contribution in [2.75, 3.05) is 18.0 Å². The Kier molecular flexibility index (Phi) is 4.65. The number of benzene rings is 1. The number of piperidine rings is 1. The molecule has 0 radical (unpaired) electrons. The van der Waals surface area contributed by atoms with Gasteiger partial charge in [0, 0.05) is 30.9 Å². The largest absolute Gasteiger partial charge is 0.435 e. The van der Waals surface area contributed by atoms with Gasteiger partial charge in [-0.2, -0.15) is 23.5 Å². The van der Waals surface area contributed by atoms with E-state index >= 15 is 0 Å². The molecule has 1 unspecified atom stereocenters. The fourth-order valence-electron chi connectivity index (χ4n) is 3.91. The maximum absolute atomic E-state index is 14.1. The highest BCUT2D eigenvalue weighted by atomic mass is 19.4. The molecule has 1 aliphatic rings. The first kappa shape index (κ1) is 19.2. The van der Waals surface area contributed by atoms with Gasteiger partial charge in [-0.05, 0) is 43.5 Å². The van der Waals surface area contributed by atoms with Crippen molar-refractivity contribution in [1.82, 2.24) is 14.8 Å². The van der Waals surface area contributed by atoms with Gasteiger partial charge >= 0.3 is 6.18 Å². The summed E-state index contributed by atoms with van der Waals surface area (Å²) >= 11 is 0. The zero-order valence-electron chi connectivity index (χ0n) is 15.5. The second-order valence-corrected chi connectivity index (χ2v) is 7.17. The van der Waals surface area contributed by atoms with E-state index in [1.807, 2.05) is 4.90 Å². The second-order valence-electron chi connectivity index (χ2n) is 7.17. The number of nitrogens with zero attached hydrogens (tertiary/aromatic N) is 5. The van der Waals surface area contributed by atoms with E-state index in [0.717, 1.165) is 6.07 Å². The minimum atomic E-state index is -4.50. The molecule has 1 atom stereocenters. The molecule has 9 heteroatoms. The number of alkyl halides is 3. The summed E-state index contributed by atoms with van der Waals surface area (Å²) in [4.78, 5) is 6.22. The third kappa shape index (κ3) is 3.50. The van der Waals surface area contributed by atoms with Crippen molar-refractivity contribution in [2.45, 2.75) is 32.0 Å². The van der Waals surface area contributed by atoms with E-state index in [2.05, 4.69) is 16.2 Å². The molecular weight excluding hydrogens is 386 g/mol. The third-order valence-corrected chi connectivity index (χ3v) is 5.20. The van der Waals surface area contributed by atoms with Gasteiger partial charge in [0.1, 0.15) is 11.9 Å². The number of rotatable bonds is 2. The van der Waals surface area contributed by atoms with Crippen LogP contribution in [0.1, 0.15) is 35.7 Å². The average Bonchev–Trinajstić information content (AvgIpc) is 3.18. The normalized spacial score (nSPS) is 17.5. The zero-order valence-corrected chi connectivity index (χ0v) is 15.5. The quantitative estimate of drug-likeness (QED) is 0.587. The van der Waals surface area contributed by atoms with Crippen molar-refractivity contribution in [3.05, 3.63) is 53.2 Å². The van der Waals surface area contributed by atoms with Gasteiger partial charge in [-0.15, -0.1) is 0 Å². The summed E-state index contributed by atoms with van der Waals surface area (Å²) in [6, 6.07) is 5.51. The summed E-state index contributed by atoms with van der Waals surface area (Å²) < 4.78 is 54.1. The Hall–Kier alpha value is -3.15. The summed E-state index contributed by atoms with van der Waals surface area (Å²) in [7, 11) is 0. The van der Waals surface area contributed by atoms with Crippen molar-refractivity contribution in [2.24, 2.45) is 0 Å². The number of anilines is 1. The minimum absolute atomic E-state index is 0.288. The molecule has 1 saturated heterocycles. The first-order chi connectivity index (χ1) is 13.8. The molecule has 2 aromatic heterocycles. The van der Waals surface area contributed by atoms with Crippen molar-refractivity contribution in [1.29, 1.82) is 5.26 Å². The minimum Gasteiger partial charge on any atom is -0.368 e. The Balaban J connectivity index is 1.74. The predicted molar refractivity (Wildman–Crippen MR) is 98.9 cm³/mol. The Morgan fingerprint density at radius 2 is 2.07 bits per heavy atom. The molecule has 1 fully saturated rings. The number of nitriles is 1. The maximum Gasteiger partial charge on any atom is 0.435 e. The SMILES string of the molecule is Cc1cc(F)cc2c(N3CCCC(n4ccc(C(F)(F)F)n4)C3)c(C#N)cnc12. The lowest BCUT2D eigenvalue weighted by Gasteiger charge is -2.35. The Bertz CT molecular complexity index is 1110. The topological polar surface area (TPSA) is 57.7 Å². The van der Waals surface area contributed by atoms with E-state index in [1.54, 1.807) is 6.92 Å². The summed E-state index contributed by atoms with van der Waals surface area (Å²) in [5, 5.41) is 13.8. The first-order valence-electron chi connectivity index (χ1n) is 9.14. The van der Waals surface area contributed by atoms with Crippen molar-refractivity contribution >= 4 is 16.6 Å². The first-order valence-corrected chi connectivity index (χ1v) is 9.14. The number of pyridine rings is 1. The van der Waals surface area contributed by atoms with Crippen LogP contribution in [0.5, 0.6) is 0 Å². The maximum atomic E-state index is 14.1. The Morgan fingerprint density at radius 1 is 1.28 bits per heavy atom. The number of hydrogen-bond acceptors (Lipinski definition) is 4. The van der Waals surface area contributed by atoms with Gasteiger partial charge < -0.3 is 4.90 Å². The van der Waals surface area contributed by atoms with Gasteiger partial charge in [-0.25, -0.2) is 4.39 Å². The number of halogens is 4. The second kappa shape index (κ2) is 7.03. The van der Waals surface area contributed by atoms with E-state index < -0.39 is 17.7 Å². The van der Waals surface area contributed by atoms with Crippen LogP contribution in [0.3, 0.4) is 0 Å². The molecule has 3 heterocycles. The summed E-state index contributed by atoms with van der Waals surface area (Å²) in [5.74, 6) is -0.427. The summed E-state index contributed by atoms with van der Waals surface area (Å²) in [5.41, 5.74) is 1.19. The zero-order chi connectivity index (χ0) is 20.8. The van der Waals surface area contributed by atoms with Crippen LogP contribution in [0.25, 0.3) is 10.9 Å². The van der Waals surface area contributed by atoms with Crippen molar-refractivity contribution < 1.29 is 17.6 Å². The van der Waals surface area contributed by atoms with Crippen LogP contribution < -0.4 is 4.90 Å². The van der Waals surface area contributed by atoms with Crippen LogP contribution >= 0.6 is 0 Å². The number of aryl methyl sites for hydroxylation is 1. The van der Waals surface area contributed by atoms with Gasteiger partial charge in [-0.3, -0.25) is 9.67 Å². The molecule has 29 heavy (non-hydrogen) atoms. The molecule has 1 aliphatic heterocycles. The summed E-state index contributed by atoms with van der Waals surface area (Å²) in [6.07, 6.45) is -0.342. The van der Waals surface area contributed by atoms with Gasteiger partial charge in [0.05, 0.1) is 22.8 Å². The molecule has 0 spiro atoms. The number of fused-ring (bicyclic) bond motifs is 1. The Morgan fingerprint density at radius 3 is 2.76 bits per heavy atom. The van der Waals surface area contributed by atoms with Gasteiger partial charge in [0.25, 0.3) is 0 Å². The molecule has 0 aliphatic carbocycles. The molecule has 1 aromatic carbocycles. The monoisotopic (exact) mass is 403 g/mol. The van der Waals surface area contributed by atoms with Crippen LogP contribution in [-0.4, -0.2) is 27.9 Å². The third-order valence-electron chi connectivity index (χ3n) is 5.20. The molecule has 3 aromatic rings. The molecule has 5 nitrogen and oxygen atoms in total. The smallest absolute Gasteiger partial charge is 0.368 e. The highest BCUT2D eigenvalue weighted by Gasteiger charge is 2.35.